The zero-order chi connectivity index (χ0) is 24.6. The Labute approximate surface area is 206 Å². The summed E-state index contributed by atoms with van der Waals surface area (Å²) in [5.41, 5.74) is 6.15. The second-order valence-corrected chi connectivity index (χ2v) is 12.8. The number of anilines is 4. The van der Waals surface area contributed by atoms with Crippen LogP contribution >= 0.6 is 7.14 Å². The van der Waals surface area contributed by atoms with Gasteiger partial charge in [0.2, 0.25) is 5.95 Å². The molecule has 3 aromatic rings. The van der Waals surface area contributed by atoms with E-state index in [9.17, 15) is 9.83 Å². The van der Waals surface area contributed by atoms with Crippen LogP contribution in [0.2, 0.25) is 0 Å². The molecule has 0 bridgehead atoms. The van der Waals surface area contributed by atoms with Gasteiger partial charge in [-0.15, -0.1) is 0 Å². The molecular weight excluding hydrogens is 457 g/mol. The molecule has 3 heterocycles. The molecule has 5 rings (SSSR count). The number of nitriles is 1. The molecule has 9 heteroatoms. The quantitative estimate of drug-likeness (QED) is 0.481. The van der Waals surface area contributed by atoms with Crippen LogP contribution in [0.15, 0.2) is 36.5 Å². The number of aromatic nitrogens is 3. The molecule has 35 heavy (non-hydrogen) atoms. The molecule has 0 fully saturated rings. The van der Waals surface area contributed by atoms with Crippen LogP contribution in [0.3, 0.4) is 0 Å². The number of hydrogen-bond donors (Lipinski definition) is 2. The van der Waals surface area contributed by atoms with E-state index in [0.717, 1.165) is 31.7 Å². The van der Waals surface area contributed by atoms with Gasteiger partial charge in [0.1, 0.15) is 30.0 Å². The van der Waals surface area contributed by atoms with Crippen LogP contribution in [0.5, 0.6) is 0 Å². The first-order chi connectivity index (χ1) is 16.8. The number of nitrogens with zero attached hydrogens (tertiary/aromatic N) is 5. The fourth-order valence-corrected chi connectivity index (χ4v) is 5.89. The third-order valence-corrected chi connectivity index (χ3v) is 8.13. The Kier molecular flexibility index (Phi) is 6.31. The lowest BCUT2D eigenvalue weighted by Gasteiger charge is -2.38. The second kappa shape index (κ2) is 9.41. The third kappa shape index (κ3) is 4.93. The highest BCUT2D eigenvalue weighted by molar-refractivity contribution is 7.69. The van der Waals surface area contributed by atoms with E-state index in [4.69, 9.17) is 0 Å². The van der Waals surface area contributed by atoms with Crippen LogP contribution < -0.4 is 16.1 Å². The molecular formula is C26H30N7OP. The molecule has 8 nitrogen and oxygen atoms in total. The number of benzene rings is 1. The van der Waals surface area contributed by atoms with Crippen molar-refractivity contribution in [2.45, 2.75) is 38.6 Å². The second-order valence-electron chi connectivity index (χ2n) is 9.67. The van der Waals surface area contributed by atoms with Gasteiger partial charge in [-0.2, -0.15) is 10.2 Å². The van der Waals surface area contributed by atoms with Crippen molar-refractivity contribution in [2.24, 2.45) is 0 Å². The van der Waals surface area contributed by atoms with E-state index in [1.54, 1.807) is 37.1 Å². The van der Waals surface area contributed by atoms with Gasteiger partial charge in [0.15, 0.2) is 5.82 Å². The first-order valence-electron chi connectivity index (χ1n) is 12.1. The predicted octanol–water partition coefficient (Wildman–Crippen LogP) is 4.73. The maximum absolute atomic E-state index is 12.4. The molecule has 1 unspecified atom stereocenters. The topological polar surface area (TPSA) is 107 Å². The Morgan fingerprint density at radius 2 is 2.03 bits per heavy atom. The van der Waals surface area contributed by atoms with Crippen molar-refractivity contribution in [1.29, 1.82) is 5.26 Å². The number of pyridine rings is 1. The number of hydrogen-bond acceptors (Lipinski definition) is 8. The third-order valence-electron chi connectivity index (χ3n) is 6.78. The number of likely N-dealkylation sites (N-methyl/N-ethyl adjacent to an activating group) is 1. The Morgan fingerprint density at radius 1 is 1.20 bits per heavy atom. The predicted molar refractivity (Wildman–Crippen MR) is 140 cm³/mol. The first-order valence-corrected chi connectivity index (χ1v) is 14.7. The Bertz CT molecular complexity index is 1360. The molecule has 2 N–H and O–H groups in total. The van der Waals surface area contributed by atoms with Gasteiger partial charge in [0.25, 0.3) is 0 Å². The lowest BCUT2D eigenvalue weighted by molar-refractivity contribution is 0.231. The van der Waals surface area contributed by atoms with E-state index < -0.39 is 7.14 Å². The number of rotatable bonds is 6. The highest BCUT2D eigenvalue weighted by Crippen LogP contribution is 2.40. The molecule has 1 aliphatic carbocycles. The van der Waals surface area contributed by atoms with Gasteiger partial charge in [-0.05, 0) is 86.0 Å². The van der Waals surface area contributed by atoms with E-state index >= 15 is 0 Å². The van der Waals surface area contributed by atoms with Crippen LogP contribution in [0.1, 0.15) is 47.9 Å². The van der Waals surface area contributed by atoms with Crippen LogP contribution in [0.4, 0.5) is 23.3 Å². The van der Waals surface area contributed by atoms with Crippen LogP contribution in [-0.4, -0.2) is 46.3 Å². The smallest absolute Gasteiger partial charge is 0.229 e. The van der Waals surface area contributed by atoms with Gasteiger partial charge in [-0.25, -0.2) is 9.97 Å². The lowest BCUT2D eigenvalue weighted by atomic mass is 9.77. The van der Waals surface area contributed by atoms with E-state index in [1.807, 2.05) is 0 Å². The summed E-state index contributed by atoms with van der Waals surface area (Å²) in [6.45, 7) is 8.75. The van der Waals surface area contributed by atoms with Crippen molar-refractivity contribution in [1.82, 2.24) is 19.9 Å². The van der Waals surface area contributed by atoms with Crippen molar-refractivity contribution in [3.63, 3.8) is 0 Å². The number of aryl methyl sites for hydroxylation is 1. The van der Waals surface area contributed by atoms with Gasteiger partial charge in [-0.1, -0.05) is 13.0 Å². The molecule has 180 valence electrons. The average molecular weight is 488 g/mol. The van der Waals surface area contributed by atoms with Crippen molar-refractivity contribution in [3.05, 3.63) is 58.8 Å². The van der Waals surface area contributed by atoms with Gasteiger partial charge < -0.3 is 15.2 Å². The molecule has 0 spiro atoms. The van der Waals surface area contributed by atoms with Crippen LogP contribution in [0, 0.1) is 11.3 Å². The maximum Gasteiger partial charge on any atom is 0.229 e. The lowest BCUT2D eigenvalue weighted by Crippen LogP contribution is -2.35. The van der Waals surface area contributed by atoms with Gasteiger partial charge in [-0.3, -0.25) is 4.90 Å². The van der Waals surface area contributed by atoms with E-state index in [-0.39, 0.29) is 0 Å². The van der Waals surface area contributed by atoms with Crippen LogP contribution in [0.25, 0.3) is 0 Å². The fourth-order valence-electron chi connectivity index (χ4n) is 5.10. The highest BCUT2D eigenvalue weighted by atomic mass is 31.2. The SMILES string of the molecule is CCN1Cc2cc(Nc3ncc(C#N)c(Nc4cccc(P(C)(C)=O)n4)n3)cc3c2C(CCC3)C1. The van der Waals surface area contributed by atoms with E-state index in [2.05, 4.69) is 55.6 Å². The molecule has 1 aliphatic heterocycles. The Hall–Kier alpha value is -3.27. The molecule has 1 aromatic carbocycles. The molecule has 1 atom stereocenters. The van der Waals surface area contributed by atoms with Crippen molar-refractivity contribution >= 4 is 35.8 Å². The average Bonchev–Trinajstić information content (AvgIpc) is 2.84. The van der Waals surface area contributed by atoms with Crippen molar-refractivity contribution in [3.8, 4) is 6.07 Å². The summed E-state index contributed by atoms with van der Waals surface area (Å²) in [6, 6.07) is 11.9. The largest absolute Gasteiger partial charge is 0.324 e. The van der Waals surface area contributed by atoms with Crippen molar-refractivity contribution in [2.75, 3.05) is 37.1 Å². The fraction of sp³-hybridized carbons (Fsp3) is 0.385. The molecule has 0 saturated carbocycles. The highest BCUT2D eigenvalue weighted by Gasteiger charge is 2.30. The molecule has 0 saturated heterocycles. The summed E-state index contributed by atoms with van der Waals surface area (Å²) >= 11 is 0. The summed E-state index contributed by atoms with van der Waals surface area (Å²) in [5, 5.41) is 16.1. The summed E-state index contributed by atoms with van der Waals surface area (Å²) in [6.07, 6.45) is 5.08. The molecule has 0 radical (unpaired) electrons. The van der Waals surface area contributed by atoms with Gasteiger partial charge in [0.05, 0.1) is 6.20 Å². The summed E-state index contributed by atoms with van der Waals surface area (Å²) < 4.78 is 12.4. The van der Waals surface area contributed by atoms with Crippen molar-refractivity contribution < 1.29 is 4.57 Å². The summed E-state index contributed by atoms with van der Waals surface area (Å²) in [5.74, 6) is 1.87. The maximum atomic E-state index is 12.4. The Balaban J connectivity index is 1.44. The minimum absolute atomic E-state index is 0.306. The van der Waals surface area contributed by atoms with E-state index in [0.29, 0.717) is 34.5 Å². The Morgan fingerprint density at radius 3 is 2.80 bits per heavy atom. The minimum atomic E-state index is -2.51. The molecule has 2 aromatic heterocycles. The van der Waals surface area contributed by atoms with E-state index in [1.165, 1.54) is 30.2 Å². The van der Waals surface area contributed by atoms with Gasteiger partial charge >= 0.3 is 0 Å². The summed E-state index contributed by atoms with van der Waals surface area (Å²) in [4.78, 5) is 15.9. The van der Waals surface area contributed by atoms with Crippen LogP contribution in [-0.2, 0) is 17.5 Å². The minimum Gasteiger partial charge on any atom is -0.324 e. The molecule has 0 amide bonds. The molecule has 2 aliphatic rings. The zero-order valence-corrected chi connectivity index (χ0v) is 21.3. The number of nitrogens with one attached hydrogen (secondary N) is 2. The zero-order valence-electron chi connectivity index (χ0n) is 20.4. The normalized spacial score (nSPS) is 17.4. The standard InChI is InChI=1S/C26H30N7OP/c1-4-33-15-18-8-5-7-17-11-21(12-19(16-33)24(17)18)29-26-28-14-20(13-27)25(32-26)31-22-9-6-10-23(30-22)35(2,3)34/h6,9-12,14,18H,4-5,7-8,15-16H2,1-3H3,(H2,28,29,30,31,32). The monoisotopic (exact) mass is 487 g/mol. The van der Waals surface area contributed by atoms with Gasteiger partial charge in [0, 0.05) is 18.8 Å². The first kappa shape index (κ1) is 23.5. The summed E-state index contributed by atoms with van der Waals surface area (Å²) in [7, 11) is -2.51.